The minimum absolute atomic E-state index is 0.134. The molecule has 0 bridgehead atoms. The van der Waals surface area contributed by atoms with Gasteiger partial charge in [0.05, 0.1) is 5.52 Å². The van der Waals surface area contributed by atoms with E-state index in [1.807, 2.05) is 0 Å². The van der Waals surface area contributed by atoms with Crippen molar-refractivity contribution in [2.75, 3.05) is 0 Å². The molecule has 0 radical (unpaired) electrons. The number of benzene rings is 1. The van der Waals surface area contributed by atoms with Crippen molar-refractivity contribution in [3.63, 3.8) is 0 Å². The Morgan fingerprint density at radius 2 is 2.13 bits per heavy atom. The maximum Gasteiger partial charge on any atom is 0.271 e. The summed E-state index contributed by atoms with van der Waals surface area (Å²) in [5.74, 6) is -0.999. The van der Waals surface area contributed by atoms with Gasteiger partial charge in [-0.05, 0) is 24.3 Å². The third-order valence-corrected chi connectivity index (χ3v) is 2.23. The lowest BCUT2D eigenvalue weighted by Crippen LogP contribution is -2.13. The van der Waals surface area contributed by atoms with Gasteiger partial charge in [-0.25, -0.2) is 4.98 Å². The molecule has 0 unspecified atom stereocenters. The zero-order valence-electron chi connectivity index (χ0n) is 7.57. The van der Waals surface area contributed by atoms with Crippen molar-refractivity contribution >= 4 is 28.4 Å². The van der Waals surface area contributed by atoms with Crippen LogP contribution in [0.3, 0.4) is 0 Å². The maximum absolute atomic E-state index is 10.9. The van der Waals surface area contributed by atoms with Crippen LogP contribution in [0.5, 0.6) is 5.75 Å². The van der Waals surface area contributed by atoms with Gasteiger partial charge in [-0.3, -0.25) is 4.79 Å². The van der Waals surface area contributed by atoms with E-state index in [-0.39, 0.29) is 11.4 Å². The molecule has 0 aliphatic heterocycles. The Kier molecular flexibility index (Phi) is 2.21. The fraction of sp³-hybridized carbons (Fsp3) is 0. The normalized spacial score (nSPS) is 10.5. The molecule has 0 atom stereocenters. The molecule has 3 N–H and O–H groups in total. The first-order chi connectivity index (χ1) is 7.08. The van der Waals surface area contributed by atoms with Crippen molar-refractivity contribution in [3.8, 4) is 5.75 Å². The molecule has 1 aromatic carbocycles. The molecule has 0 fully saturated rings. The number of carbonyl (C=O) groups is 1. The third-order valence-electron chi connectivity index (χ3n) is 1.99. The van der Waals surface area contributed by atoms with Gasteiger partial charge in [-0.1, -0.05) is 11.6 Å². The van der Waals surface area contributed by atoms with E-state index >= 15 is 0 Å². The number of nitrogens with two attached hydrogens (primary N) is 1. The lowest BCUT2D eigenvalue weighted by atomic mass is 10.2. The predicted octanol–water partition coefficient (Wildman–Crippen LogP) is 1.69. The third kappa shape index (κ3) is 1.71. The second-order valence-electron chi connectivity index (χ2n) is 3.06. The van der Waals surface area contributed by atoms with Gasteiger partial charge in [0.1, 0.15) is 5.75 Å². The summed E-state index contributed by atoms with van der Waals surface area (Å²) < 4.78 is 0. The molecule has 4 nitrogen and oxygen atoms in total. The number of aromatic nitrogens is 1. The summed E-state index contributed by atoms with van der Waals surface area (Å²) in [7, 11) is 0. The van der Waals surface area contributed by atoms with E-state index in [1.54, 1.807) is 18.2 Å². The molecule has 5 heteroatoms. The first-order valence-electron chi connectivity index (χ1n) is 4.17. The molecule has 1 amide bonds. The van der Waals surface area contributed by atoms with Crippen LogP contribution in [-0.4, -0.2) is 16.0 Å². The molecule has 0 saturated carbocycles. The van der Waals surface area contributed by atoms with E-state index in [9.17, 15) is 9.90 Å². The average molecular weight is 223 g/mol. The monoisotopic (exact) mass is 222 g/mol. The number of rotatable bonds is 1. The molecular weight excluding hydrogens is 216 g/mol. The van der Waals surface area contributed by atoms with Gasteiger partial charge in [0.15, 0.2) is 5.69 Å². The number of hydrogen-bond acceptors (Lipinski definition) is 3. The Balaban J connectivity index is 2.76. The van der Waals surface area contributed by atoms with Crippen molar-refractivity contribution in [2.24, 2.45) is 5.73 Å². The van der Waals surface area contributed by atoms with Gasteiger partial charge in [0.25, 0.3) is 5.91 Å². The number of pyridine rings is 1. The summed E-state index contributed by atoms with van der Waals surface area (Å²) in [5.41, 5.74) is 5.47. The summed E-state index contributed by atoms with van der Waals surface area (Å²) in [4.78, 5) is 14.8. The molecule has 0 saturated heterocycles. The quantitative estimate of drug-likeness (QED) is 0.771. The van der Waals surface area contributed by atoms with E-state index < -0.39 is 5.91 Å². The fourth-order valence-electron chi connectivity index (χ4n) is 1.32. The van der Waals surface area contributed by atoms with Crippen LogP contribution >= 0.6 is 11.6 Å². The number of primary amides is 1. The highest BCUT2D eigenvalue weighted by Gasteiger charge is 2.10. The minimum atomic E-state index is -0.760. The summed E-state index contributed by atoms with van der Waals surface area (Å²) >= 11 is 5.77. The Morgan fingerprint density at radius 1 is 1.40 bits per heavy atom. The number of carbonyl (C=O) groups excluding carboxylic acids is 1. The Morgan fingerprint density at radius 3 is 2.80 bits per heavy atom. The zero-order chi connectivity index (χ0) is 11.0. The number of amides is 1. The average Bonchev–Trinajstić information content (AvgIpc) is 2.15. The highest BCUT2D eigenvalue weighted by molar-refractivity contribution is 6.31. The molecular formula is C10H7ClN2O2. The number of nitrogens with zero attached hydrogens (tertiary/aromatic N) is 1. The smallest absolute Gasteiger partial charge is 0.271 e. The van der Waals surface area contributed by atoms with Crippen LogP contribution in [0.4, 0.5) is 0 Å². The minimum Gasteiger partial charge on any atom is -0.505 e. The van der Waals surface area contributed by atoms with Crippen molar-refractivity contribution in [2.45, 2.75) is 0 Å². The number of hydrogen-bond donors (Lipinski definition) is 2. The highest BCUT2D eigenvalue weighted by Crippen LogP contribution is 2.24. The predicted molar refractivity (Wildman–Crippen MR) is 56.9 cm³/mol. The van der Waals surface area contributed by atoms with Crippen LogP contribution in [0.1, 0.15) is 10.5 Å². The standard InChI is InChI=1S/C10H7ClN2O2/c11-6-1-2-7-5(3-6)4-8(14)9(13-7)10(12)15/h1-4,14H,(H2,12,15). The van der Waals surface area contributed by atoms with Crippen LogP contribution in [0.15, 0.2) is 24.3 Å². The molecule has 76 valence electrons. The van der Waals surface area contributed by atoms with E-state index in [0.29, 0.717) is 15.9 Å². The molecule has 2 rings (SSSR count). The van der Waals surface area contributed by atoms with Crippen LogP contribution in [0.2, 0.25) is 5.02 Å². The van der Waals surface area contributed by atoms with E-state index in [2.05, 4.69) is 4.98 Å². The van der Waals surface area contributed by atoms with Crippen molar-refractivity contribution in [1.29, 1.82) is 0 Å². The van der Waals surface area contributed by atoms with E-state index in [0.717, 1.165) is 0 Å². The molecule has 1 aromatic heterocycles. The van der Waals surface area contributed by atoms with Gasteiger partial charge in [-0.2, -0.15) is 0 Å². The molecule has 15 heavy (non-hydrogen) atoms. The SMILES string of the molecule is NC(=O)c1nc2ccc(Cl)cc2cc1O. The summed E-state index contributed by atoms with van der Waals surface area (Å²) in [5, 5.41) is 10.7. The van der Waals surface area contributed by atoms with Gasteiger partial charge in [0, 0.05) is 10.4 Å². The molecule has 0 aliphatic carbocycles. The Bertz CT molecular complexity index is 554. The lowest BCUT2D eigenvalue weighted by Gasteiger charge is -2.02. The summed E-state index contributed by atoms with van der Waals surface area (Å²) in [6.07, 6.45) is 0. The van der Waals surface area contributed by atoms with E-state index in [4.69, 9.17) is 17.3 Å². The topological polar surface area (TPSA) is 76.2 Å². The lowest BCUT2D eigenvalue weighted by molar-refractivity contribution is 0.0993. The zero-order valence-corrected chi connectivity index (χ0v) is 8.32. The molecule has 1 heterocycles. The van der Waals surface area contributed by atoms with Gasteiger partial charge in [0.2, 0.25) is 0 Å². The largest absolute Gasteiger partial charge is 0.505 e. The molecule has 0 aliphatic rings. The fourth-order valence-corrected chi connectivity index (χ4v) is 1.50. The number of halogens is 1. The first kappa shape index (κ1) is 9.73. The Hall–Kier alpha value is -1.81. The number of aromatic hydroxyl groups is 1. The maximum atomic E-state index is 10.9. The molecule has 2 aromatic rings. The van der Waals surface area contributed by atoms with Crippen molar-refractivity contribution < 1.29 is 9.90 Å². The second-order valence-corrected chi connectivity index (χ2v) is 3.49. The number of fused-ring (bicyclic) bond motifs is 1. The first-order valence-corrected chi connectivity index (χ1v) is 4.55. The summed E-state index contributed by atoms with van der Waals surface area (Å²) in [6, 6.07) is 6.37. The van der Waals surface area contributed by atoms with Gasteiger partial charge in [-0.15, -0.1) is 0 Å². The van der Waals surface area contributed by atoms with Crippen LogP contribution in [0, 0.1) is 0 Å². The molecule has 0 spiro atoms. The second kappa shape index (κ2) is 3.40. The van der Waals surface area contributed by atoms with Crippen LogP contribution in [0.25, 0.3) is 10.9 Å². The van der Waals surface area contributed by atoms with Gasteiger partial charge < -0.3 is 10.8 Å². The van der Waals surface area contributed by atoms with Crippen molar-refractivity contribution in [1.82, 2.24) is 4.98 Å². The van der Waals surface area contributed by atoms with Crippen LogP contribution < -0.4 is 5.73 Å². The van der Waals surface area contributed by atoms with E-state index in [1.165, 1.54) is 6.07 Å². The van der Waals surface area contributed by atoms with Crippen LogP contribution in [-0.2, 0) is 0 Å². The summed E-state index contributed by atoms with van der Waals surface area (Å²) in [6.45, 7) is 0. The Labute approximate surface area is 90.3 Å². The van der Waals surface area contributed by atoms with Gasteiger partial charge >= 0.3 is 0 Å². The highest BCUT2D eigenvalue weighted by atomic mass is 35.5. The van der Waals surface area contributed by atoms with Crippen molar-refractivity contribution in [3.05, 3.63) is 35.0 Å².